The van der Waals surface area contributed by atoms with Crippen LogP contribution in [0.3, 0.4) is 0 Å². The zero-order valence-corrected chi connectivity index (χ0v) is 16.9. The van der Waals surface area contributed by atoms with E-state index in [0.29, 0.717) is 40.5 Å². The maximum atomic E-state index is 12.5. The lowest BCUT2D eigenvalue weighted by Gasteiger charge is -2.11. The highest BCUT2D eigenvalue weighted by Gasteiger charge is 2.28. The Kier molecular flexibility index (Phi) is 6.09. The molecule has 29 heavy (non-hydrogen) atoms. The van der Waals surface area contributed by atoms with Crippen molar-refractivity contribution in [3.63, 3.8) is 0 Å². The van der Waals surface area contributed by atoms with Crippen molar-refractivity contribution in [2.45, 2.75) is 26.2 Å². The van der Waals surface area contributed by atoms with E-state index in [9.17, 15) is 9.59 Å². The normalized spacial score (nSPS) is 14.2. The molecule has 0 atom stereocenters. The predicted molar refractivity (Wildman–Crippen MR) is 110 cm³/mol. The summed E-state index contributed by atoms with van der Waals surface area (Å²) in [6, 6.07) is 4.41. The summed E-state index contributed by atoms with van der Waals surface area (Å²) in [5.41, 5.74) is 17.4. The third-order valence-electron chi connectivity index (χ3n) is 4.28. The van der Waals surface area contributed by atoms with Crippen molar-refractivity contribution in [2.75, 3.05) is 0 Å². The number of furan rings is 1. The van der Waals surface area contributed by atoms with Crippen molar-refractivity contribution in [3.8, 4) is 0 Å². The molecule has 0 spiro atoms. The average Bonchev–Trinajstić information content (AvgIpc) is 3.01. The molecule has 0 bridgehead atoms. The maximum absolute atomic E-state index is 12.5. The summed E-state index contributed by atoms with van der Waals surface area (Å²) in [6.45, 7) is 1.73. The highest BCUT2D eigenvalue weighted by atomic mass is 35.5. The van der Waals surface area contributed by atoms with Gasteiger partial charge in [-0.2, -0.15) is 5.10 Å². The predicted octanol–water partition coefficient (Wildman–Crippen LogP) is 2.28. The van der Waals surface area contributed by atoms with Gasteiger partial charge < -0.3 is 15.9 Å². The molecular formula is C18H18Cl2N6O3. The van der Waals surface area contributed by atoms with Crippen LogP contribution in [-0.2, 0) is 6.42 Å². The lowest BCUT2D eigenvalue weighted by molar-refractivity contribution is 0.0829. The second kappa shape index (κ2) is 8.54. The van der Waals surface area contributed by atoms with Crippen molar-refractivity contribution in [1.82, 2.24) is 10.9 Å². The maximum Gasteiger partial charge on any atom is 0.305 e. The van der Waals surface area contributed by atoms with Crippen LogP contribution < -0.4 is 22.3 Å². The quantitative estimate of drug-likeness (QED) is 0.330. The van der Waals surface area contributed by atoms with Crippen LogP contribution in [0.15, 0.2) is 32.8 Å². The Balaban J connectivity index is 1.78. The first-order valence-electron chi connectivity index (χ1n) is 8.61. The number of aryl methyl sites for hydroxylation is 1. The van der Waals surface area contributed by atoms with E-state index in [1.54, 1.807) is 6.92 Å². The third-order valence-corrected chi connectivity index (χ3v) is 4.83. The van der Waals surface area contributed by atoms with Gasteiger partial charge in [-0.15, -0.1) is 5.10 Å². The Bertz CT molecular complexity index is 1040. The molecule has 152 valence electrons. The molecule has 0 radical (unpaired) electrons. The SMILES string of the molecule is Cc1c(C(=O)NNC(=O)c2ccc(Cl)cc2Cl)oc2c1/C(=N/N=C(N)N)CCC2. The molecule has 1 aromatic carbocycles. The van der Waals surface area contributed by atoms with Crippen molar-refractivity contribution >= 4 is 46.7 Å². The number of fused-ring (bicyclic) bond motifs is 1. The van der Waals surface area contributed by atoms with Crippen LogP contribution in [0.2, 0.25) is 10.0 Å². The summed E-state index contributed by atoms with van der Waals surface area (Å²) in [5.74, 6) is -0.680. The summed E-state index contributed by atoms with van der Waals surface area (Å²) in [5, 5.41) is 8.30. The van der Waals surface area contributed by atoms with Crippen LogP contribution in [0.1, 0.15) is 50.6 Å². The first-order valence-corrected chi connectivity index (χ1v) is 9.37. The van der Waals surface area contributed by atoms with Crippen molar-refractivity contribution < 1.29 is 14.0 Å². The number of carbonyl (C=O) groups excluding carboxylic acids is 2. The fraction of sp³-hybridized carbons (Fsp3) is 0.222. The number of nitrogens with two attached hydrogens (primary N) is 2. The molecule has 9 nitrogen and oxygen atoms in total. The molecule has 1 heterocycles. The molecular weight excluding hydrogens is 419 g/mol. The van der Waals surface area contributed by atoms with E-state index in [0.717, 1.165) is 6.42 Å². The Hall–Kier alpha value is -3.04. The van der Waals surface area contributed by atoms with Gasteiger partial charge in [-0.1, -0.05) is 23.2 Å². The van der Waals surface area contributed by atoms with Crippen LogP contribution >= 0.6 is 23.2 Å². The number of benzene rings is 1. The molecule has 1 aromatic heterocycles. The Morgan fingerprint density at radius 2 is 1.86 bits per heavy atom. The zero-order chi connectivity index (χ0) is 21.1. The Morgan fingerprint density at radius 1 is 1.14 bits per heavy atom. The summed E-state index contributed by atoms with van der Waals surface area (Å²) in [4.78, 5) is 24.8. The number of hydrazine groups is 1. The summed E-state index contributed by atoms with van der Waals surface area (Å²) in [6.07, 6.45) is 2.08. The fourth-order valence-electron chi connectivity index (χ4n) is 3.01. The number of nitrogens with one attached hydrogen (secondary N) is 2. The number of hydrogen-bond acceptors (Lipinski definition) is 5. The second-order valence-electron chi connectivity index (χ2n) is 6.31. The van der Waals surface area contributed by atoms with Crippen LogP contribution in [0, 0.1) is 6.92 Å². The molecule has 0 aliphatic heterocycles. The van der Waals surface area contributed by atoms with Gasteiger partial charge in [0.05, 0.1) is 16.3 Å². The molecule has 0 saturated carbocycles. The molecule has 3 rings (SSSR count). The fourth-order valence-corrected chi connectivity index (χ4v) is 3.51. The number of halogens is 2. The highest BCUT2D eigenvalue weighted by Crippen LogP contribution is 2.30. The lowest BCUT2D eigenvalue weighted by atomic mass is 9.93. The van der Waals surface area contributed by atoms with Gasteiger partial charge in [-0.05, 0) is 38.0 Å². The molecule has 2 amide bonds. The number of carbonyl (C=O) groups is 2. The van der Waals surface area contributed by atoms with Gasteiger partial charge in [0.2, 0.25) is 5.96 Å². The van der Waals surface area contributed by atoms with E-state index in [1.165, 1.54) is 18.2 Å². The molecule has 0 saturated heterocycles. The van der Waals surface area contributed by atoms with E-state index in [2.05, 4.69) is 21.1 Å². The minimum absolute atomic E-state index is 0.0665. The Labute approximate surface area is 176 Å². The number of amides is 2. The van der Waals surface area contributed by atoms with Crippen molar-refractivity contribution in [1.29, 1.82) is 0 Å². The summed E-state index contributed by atoms with van der Waals surface area (Å²) < 4.78 is 5.71. The van der Waals surface area contributed by atoms with E-state index in [-0.39, 0.29) is 22.3 Å². The van der Waals surface area contributed by atoms with Crippen LogP contribution in [0.25, 0.3) is 0 Å². The summed E-state index contributed by atoms with van der Waals surface area (Å²) >= 11 is 11.8. The molecule has 1 aliphatic rings. The van der Waals surface area contributed by atoms with Crippen LogP contribution in [0.4, 0.5) is 0 Å². The van der Waals surface area contributed by atoms with E-state index >= 15 is 0 Å². The van der Waals surface area contributed by atoms with Gasteiger partial charge in [-0.25, -0.2) is 0 Å². The van der Waals surface area contributed by atoms with Crippen molar-refractivity contribution in [3.05, 3.63) is 56.5 Å². The topological polar surface area (TPSA) is 148 Å². The highest BCUT2D eigenvalue weighted by molar-refractivity contribution is 6.36. The minimum Gasteiger partial charge on any atom is -0.455 e. The number of guanidine groups is 1. The molecule has 0 unspecified atom stereocenters. The van der Waals surface area contributed by atoms with Crippen molar-refractivity contribution in [2.24, 2.45) is 21.7 Å². The largest absolute Gasteiger partial charge is 0.455 e. The summed E-state index contributed by atoms with van der Waals surface area (Å²) in [7, 11) is 0. The van der Waals surface area contributed by atoms with Gasteiger partial charge in [0.25, 0.3) is 5.91 Å². The van der Waals surface area contributed by atoms with Gasteiger partial charge in [0.1, 0.15) is 5.76 Å². The Morgan fingerprint density at radius 3 is 2.55 bits per heavy atom. The smallest absolute Gasteiger partial charge is 0.305 e. The van der Waals surface area contributed by atoms with Gasteiger partial charge >= 0.3 is 5.91 Å². The number of rotatable bonds is 3. The molecule has 1 aliphatic carbocycles. The lowest BCUT2D eigenvalue weighted by Crippen LogP contribution is -2.41. The minimum atomic E-state index is -0.614. The van der Waals surface area contributed by atoms with Gasteiger partial charge in [0, 0.05) is 22.6 Å². The molecule has 11 heteroatoms. The monoisotopic (exact) mass is 436 g/mol. The van der Waals surface area contributed by atoms with Crippen LogP contribution in [-0.4, -0.2) is 23.5 Å². The number of hydrogen-bond donors (Lipinski definition) is 4. The second-order valence-corrected chi connectivity index (χ2v) is 7.16. The standard InChI is InChI=1S/C18H18Cl2N6O3/c1-8-14-12(23-26-18(21)22)3-2-4-13(14)29-15(8)17(28)25-24-16(27)10-6-5-9(19)7-11(10)20/h5-7H,2-4H2,1H3,(H,24,27)(H,25,28)(H4,21,22,26)/b23-12+. The zero-order valence-electron chi connectivity index (χ0n) is 15.4. The first-order chi connectivity index (χ1) is 13.8. The first kappa shape index (κ1) is 20.7. The van der Waals surface area contributed by atoms with Crippen LogP contribution in [0.5, 0.6) is 0 Å². The third kappa shape index (κ3) is 4.52. The van der Waals surface area contributed by atoms with Gasteiger partial charge in [-0.3, -0.25) is 20.4 Å². The van der Waals surface area contributed by atoms with Gasteiger partial charge in [0.15, 0.2) is 5.76 Å². The van der Waals surface area contributed by atoms with E-state index in [1.807, 2.05) is 0 Å². The average molecular weight is 437 g/mol. The van der Waals surface area contributed by atoms with E-state index in [4.69, 9.17) is 39.1 Å². The molecule has 6 N–H and O–H groups in total. The molecule has 2 aromatic rings. The molecule has 0 fully saturated rings. The number of nitrogens with zero attached hydrogens (tertiary/aromatic N) is 2. The van der Waals surface area contributed by atoms with E-state index < -0.39 is 11.8 Å².